The lowest BCUT2D eigenvalue weighted by Gasteiger charge is -2.34. The molecule has 1 aliphatic carbocycles. The third-order valence-electron chi connectivity index (χ3n) is 4.27. The molecule has 0 bridgehead atoms. The van der Waals surface area contributed by atoms with Crippen LogP contribution in [0.5, 0.6) is 0 Å². The van der Waals surface area contributed by atoms with Crippen molar-refractivity contribution < 1.29 is 0 Å². The molecule has 0 aromatic carbocycles. The second kappa shape index (κ2) is 5.68. The van der Waals surface area contributed by atoms with Gasteiger partial charge in [-0.25, -0.2) is 0 Å². The van der Waals surface area contributed by atoms with E-state index < -0.39 is 0 Å². The van der Waals surface area contributed by atoms with Gasteiger partial charge in [0.1, 0.15) is 0 Å². The molecule has 1 aromatic heterocycles. The third-order valence-corrected chi connectivity index (χ3v) is 5.12. The van der Waals surface area contributed by atoms with Gasteiger partial charge in [-0.15, -0.1) is 11.3 Å². The number of likely N-dealkylation sites (tertiary alicyclic amines) is 1. The molecule has 2 atom stereocenters. The summed E-state index contributed by atoms with van der Waals surface area (Å²) in [5.41, 5.74) is 1.99. The van der Waals surface area contributed by atoms with Crippen LogP contribution in [0, 0.1) is 5.92 Å². The maximum absolute atomic E-state index is 4.31. The van der Waals surface area contributed by atoms with E-state index in [-0.39, 0.29) is 0 Å². The summed E-state index contributed by atoms with van der Waals surface area (Å²) in [7, 11) is 2.08. The predicted octanol–water partition coefficient (Wildman–Crippen LogP) is 2.67. The molecule has 1 saturated heterocycles. The fourth-order valence-electron chi connectivity index (χ4n) is 3.33. The normalized spacial score (nSPS) is 30.3. The molecule has 2 aliphatic rings. The first kappa shape index (κ1) is 12.6. The van der Waals surface area contributed by atoms with Gasteiger partial charge in [0, 0.05) is 17.1 Å². The van der Waals surface area contributed by atoms with Gasteiger partial charge < -0.3 is 5.32 Å². The topological polar surface area (TPSA) is 28.2 Å². The highest BCUT2D eigenvalue weighted by Crippen LogP contribution is 2.42. The van der Waals surface area contributed by atoms with Crippen molar-refractivity contribution in [2.24, 2.45) is 5.92 Å². The predicted molar refractivity (Wildman–Crippen MR) is 75.9 cm³/mol. The minimum atomic E-state index is 0.611. The zero-order valence-electron chi connectivity index (χ0n) is 11.1. The lowest BCUT2D eigenvalue weighted by atomic mass is 9.93. The Labute approximate surface area is 114 Å². The number of nitrogens with one attached hydrogen (secondary N) is 1. The van der Waals surface area contributed by atoms with E-state index in [1.807, 2.05) is 16.8 Å². The molecular formula is C14H23N3S. The minimum Gasteiger partial charge on any atom is -0.319 e. The molecule has 1 aromatic rings. The van der Waals surface area contributed by atoms with Crippen molar-refractivity contribution in [3.8, 4) is 0 Å². The Hall–Kier alpha value is -0.450. The Morgan fingerprint density at radius 3 is 2.94 bits per heavy atom. The van der Waals surface area contributed by atoms with Gasteiger partial charge in [-0.1, -0.05) is 6.42 Å². The maximum Gasteiger partial charge on any atom is 0.0794 e. The summed E-state index contributed by atoms with van der Waals surface area (Å²) >= 11 is 1.84. The number of hydrogen-bond acceptors (Lipinski definition) is 4. The lowest BCUT2D eigenvalue weighted by Crippen LogP contribution is -2.37. The van der Waals surface area contributed by atoms with Crippen molar-refractivity contribution in [2.45, 2.75) is 44.2 Å². The monoisotopic (exact) mass is 265 g/mol. The zero-order valence-corrected chi connectivity index (χ0v) is 12.0. The molecule has 2 unspecified atom stereocenters. The fraction of sp³-hybridized carbons (Fsp3) is 0.786. The summed E-state index contributed by atoms with van der Waals surface area (Å²) in [6.45, 7) is 2.42. The van der Waals surface area contributed by atoms with Gasteiger partial charge in [0.2, 0.25) is 0 Å². The quantitative estimate of drug-likeness (QED) is 0.907. The molecule has 0 amide bonds. The molecular weight excluding hydrogens is 242 g/mol. The highest BCUT2D eigenvalue weighted by atomic mass is 32.1. The van der Waals surface area contributed by atoms with E-state index in [9.17, 15) is 0 Å². The number of aromatic nitrogens is 1. The van der Waals surface area contributed by atoms with Crippen molar-refractivity contribution in [3.63, 3.8) is 0 Å². The van der Waals surface area contributed by atoms with E-state index in [4.69, 9.17) is 0 Å². The van der Waals surface area contributed by atoms with Crippen LogP contribution < -0.4 is 5.32 Å². The number of nitrogens with zero attached hydrogens (tertiary/aromatic N) is 2. The molecule has 100 valence electrons. The first-order valence-electron chi connectivity index (χ1n) is 7.19. The standard InChI is InChI=1S/C14H23N3S/c1-15-8-11-4-2-3-7-17(12-5-6-12)14(11)13-9-16-10-18-13/h9-12,14-15H,2-8H2,1H3. The Bertz CT molecular complexity index is 361. The van der Waals surface area contributed by atoms with Crippen LogP contribution in [0.25, 0.3) is 0 Å². The second-order valence-electron chi connectivity index (χ2n) is 5.63. The van der Waals surface area contributed by atoms with Crippen LogP contribution in [0.15, 0.2) is 11.7 Å². The number of hydrogen-bond donors (Lipinski definition) is 1. The average molecular weight is 265 g/mol. The van der Waals surface area contributed by atoms with E-state index in [1.165, 1.54) is 43.5 Å². The first-order chi connectivity index (χ1) is 8.90. The maximum atomic E-state index is 4.31. The molecule has 0 spiro atoms. The summed E-state index contributed by atoms with van der Waals surface area (Å²) < 4.78 is 0. The second-order valence-corrected chi connectivity index (χ2v) is 6.55. The van der Waals surface area contributed by atoms with E-state index in [2.05, 4.69) is 28.4 Å². The van der Waals surface area contributed by atoms with Crippen molar-refractivity contribution in [1.82, 2.24) is 15.2 Å². The van der Waals surface area contributed by atoms with Crippen LogP contribution in [-0.2, 0) is 0 Å². The highest BCUT2D eigenvalue weighted by molar-refractivity contribution is 7.09. The van der Waals surface area contributed by atoms with Gasteiger partial charge in [0.15, 0.2) is 0 Å². The van der Waals surface area contributed by atoms with E-state index in [0.717, 1.165) is 18.5 Å². The molecule has 4 heteroatoms. The molecule has 1 N–H and O–H groups in total. The molecule has 1 saturated carbocycles. The molecule has 0 radical (unpaired) electrons. The highest BCUT2D eigenvalue weighted by Gasteiger charge is 2.39. The van der Waals surface area contributed by atoms with Crippen LogP contribution >= 0.6 is 11.3 Å². The van der Waals surface area contributed by atoms with Crippen molar-refractivity contribution >= 4 is 11.3 Å². The van der Waals surface area contributed by atoms with Crippen LogP contribution in [0.2, 0.25) is 0 Å². The van der Waals surface area contributed by atoms with Crippen molar-refractivity contribution in [2.75, 3.05) is 20.1 Å². The summed E-state index contributed by atoms with van der Waals surface area (Å²) in [6, 6.07) is 1.47. The van der Waals surface area contributed by atoms with Crippen molar-refractivity contribution in [3.05, 3.63) is 16.6 Å². The Balaban J connectivity index is 1.86. The SMILES string of the molecule is CNCC1CCCCN(C2CC2)C1c1cncs1. The van der Waals surface area contributed by atoms with Gasteiger partial charge in [-0.05, 0) is 51.7 Å². The molecule has 1 aliphatic heterocycles. The molecule has 2 heterocycles. The number of thiazole rings is 1. The van der Waals surface area contributed by atoms with E-state index in [1.54, 1.807) is 0 Å². The third kappa shape index (κ3) is 2.60. The fourth-order valence-corrected chi connectivity index (χ4v) is 4.16. The van der Waals surface area contributed by atoms with Gasteiger partial charge in [-0.3, -0.25) is 9.88 Å². The summed E-state index contributed by atoms with van der Waals surface area (Å²) in [5, 5.41) is 3.39. The minimum absolute atomic E-state index is 0.611. The van der Waals surface area contributed by atoms with Crippen LogP contribution in [0.1, 0.15) is 43.0 Å². The van der Waals surface area contributed by atoms with E-state index in [0.29, 0.717) is 6.04 Å². The van der Waals surface area contributed by atoms with Gasteiger partial charge in [0.25, 0.3) is 0 Å². The smallest absolute Gasteiger partial charge is 0.0794 e. The van der Waals surface area contributed by atoms with E-state index >= 15 is 0 Å². The van der Waals surface area contributed by atoms with Crippen LogP contribution in [0.4, 0.5) is 0 Å². The van der Waals surface area contributed by atoms with Crippen molar-refractivity contribution in [1.29, 1.82) is 0 Å². The van der Waals surface area contributed by atoms with Gasteiger partial charge in [0.05, 0.1) is 11.6 Å². The summed E-state index contributed by atoms with van der Waals surface area (Å²) in [5.74, 6) is 0.749. The molecule has 18 heavy (non-hydrogen) atoms. The van der Waals surface area contributed by atoms with Crippen LogP contribution in [-0.4, -0.2) is 36.1 Å². The Morgan fingerprint density at radius 2 is 2.28 bits per heavy atom. The average Bonchev–Trinajstić information content (AvgIpc) is 3.12. The van der Waals surface area contributed by atoms with Gasteiger partial charge >= 0.3 is 0 Å². The first-order valence-corrected chi connectivity index (χ1v) is 8.07. The molecule has 2 fully saturated rings. The summed E-state index contributed by atoms with van der Waals surface area (Å²) in [6.07, 6.45) is 9.01. The lowest BCUT2D eigenvalue weighted by molar-refractivity contribution is 0.148. The summed E-state index contributed by atoms with van der Waals surface area (Å²) in [4.78, 5) is 8.56. The Morgan fingerprint density at radius 1 is 1.39 bits per heavy atom. The van der Waals surface area contributed by atoms with Crippen LogP contribution in [0.3, 0.4) is 0 Å². The molecule has 3 nitrogen and oxygen atoms in total. The van der Waals surface area contributed by atoms with Gasteiger partial charge in [-0.2, -0.15) is 0 Å². The molecule has 3 rings (SSSR count). The Kier molecular flexibility index (Phi) is 3.97. The zero-order chi connectivity index (χ0) is 12.4. The number of rotatable bonds is 4. The largest absolute Gasteiger partial charge is 0.319 e.